The Hall–Kier alpha value is -0.106. The Balaban J connectivity index is 0. The maximum atomic E-state index is 13.8. The number of hydrogen-bond acceptors (Lipinski definition) is 2. The van der Waals surface area contributed by atoms with Crippen molar-refractivity contribution in [3.63, 3.8) is 0 Å². The van der Waals surface area contributed by atoms with Gasteiger partial charge in [0, 0.05) is 53.5 Å². The third-order valence-electron chi connectivity index (χ3n) is 7.21. The van der Waals surface area contributed by atoms with Crippen LogP contribution in [0, 0.1) is 19.7 Å². The molecule has 181 valence electrons. The van der Waals surface area contributed by atoms with Crippen LogP contribution in [0.25, 0.3) is 0 Å². The number of hydrogen-bond donors (Lipinski definition) is 1. The Bertz CT molecular complexity index is 680. The number of nitrogens with one attached hydrogen (secondary N) is 1. The van der Waals surface area contributed by atoms with Gasteiger partial charge in [-0.15, -0.1) is 0 Å². The van der Waals surface area contributed by atoms with Crippen LogP contribution in [0.2, 0.25) is 0 Å². The number of anilines is 1. The zero-order chi connectivity index (χ0) is 23.5. The third kappa shape index (κ3) is 7.45. The molecular weight excluding hydrogens is 493 g/mol. The summed E-state index contributed by atoms with van der Waals surface area (Å²) in [6.07, 6.45) is 14.4. The van der Waals surface area contributed by atoms with E-state index >= 15 is 0 Å². The van der Waals surface area contributed by atoms with Gasteiger partial charge in [0.2, 0.25) is 0 Å². The molecule has 0 heterocycles. The van der Waals surface area contributed by atoms with Gasteiger partial charge >= 0.3 is 0 Å². The zero-order valence-corrected chi connectivity index (χ0v) is 25.1. The summed E-state index contributed by atoms with van der Waals surface area (Å²) in [6.45, 7) is 18.8. The molecular formula is C27H48FNOPY+. The van der Waals surface area contributed by atoms with Crippen molar-refractivity contribution in [3.8, 4) is 0 Å². The van der Waals surface area contributed by atoms with Crippen LogP contribution in [0.5, 0.6) is 0 Å². The van der Waals surface area contributed by atoms with E-state index in [1.54, 1.807) is 17.4 Å². The van der Waals surface area contributed by atoms with E-state index in [0.717, 1.165) is 23.4 Å². The molecule has 1 aromatic rings. The Morgan fingerprint density at radius 2 is 1.56 bits per heavy atom. The van der Waals surface area contributed by atoms with E-state index < -0.39 is 7.26 Å². The SMILES string of the molecule is C=C(CCC)[P+](CCCC)(CCCC)C1(CNc2c(C)cc(F)cc2C)CCC1.C=O.[HH].[Y]. The number of halogens is 1. The molecule has 2 rings (SSSR count). The van der Waals surface area contributed by atoms with Crippen LogP contribution in [0.15, 0.2) is 24.0 Å². The van der Waals surface area contributed by atoms with E-state index in [-0.39, 0.29) is 40.0 Å². The Labute approximate surface area is 224 Å². The second-order valence-corrected chi connectivity index (χ2v) is 13.7. The molecule has 1 aliphatic rings. The van der Waals surface area contributed by atoms with Crippen LogP contribution in [-0.2, 0) is 37.5 Å². The fraction of sp³-hybridized carbons (Fsp3) is 0.667. The van der Waals surface area contributed by atoms with Gasteiger partial charge in [0.15, 0.2) is 0 Å². The van der Waals surface area contributed by atoms with Gasteiger partial charge in [-0.05, 0) is 75.6 Å². The van der Waals surface area contributed by atoms with Crippen molar-refractivity contribution in [2.45, 2.75) is 97.6 Å². The van der Waals surface area contributed by atoms with Crippen LogP contribution in [-0.4, -0.2) is 30.8 Å². The minimum atomic E-state index is -1.28. The van der Waals surface area contributed by atoms with Crippen molar-refractivity contribution in [2.75, 3.05) is 24.2 Å². The van der Waals surface area contributed by atoms with Gasteiger partial charge in [0.05, 0.1) is 24.2 Å². The number of allylic oxidation sites excluding steroid dienone is 1. The summed E-state index contributed by atoms with van der Waals surface area (Å²) in [5.41, 5.74) is 3.19. The second kappa shape index (κ2) is 15.7. The average molecular weight is 542 g/mol. The summed E-state index contributed by atoms with van der Waals surface area (Å²) >= 11 is 0. The molecule has 1 fully saturated rings. The standard InChI is InChI=1S/C26H44FNP.CH2O.Y.H2/c1-7-10-16-29(17-11-8-2,23(6)13-9-3)26(14-12-15-26)20-28-25-21(4)18-24(27)19-22(25)5;1-2;;/h18-19,28H,6-17,20H2,1-5H3;1H2;;1H/q+1;;;. The molecule has 1 radical (unpaired) electrons. The molecule has 0 bridgehead atoms. The molecule has 0 saturated heterocycles. The van der Waals surface area contributed by atoms with Crippen LogP contribution in [0.4, 0.5) is 10.1 Å². The predicted molar refractivity (Wildman–Crippen MR) is 141 cm³/mol. The number of carbonyl (C=O) groups excluding carboxylic acids is 1. The molecule has 0 aliphatic heterocycles. The quantitative estimate of drug-likeness (QED) is 0.253. The van der Waals surface area contributed by atoms with Gasteiger partial charge in [-0.1, -0.05) is 40.2 Å². The summed E-state index contributed by atoms with van der Waals surface area (Å²) in [4.78, 5) is 8.00. The summed E-state index contributed by atoms with van der Waals surface area (Å²) < 4.78 is 13.8. The first-order chi connectivity index (χ1) is 14.9. The molecule has 0 unspecified atom stereocenters. The first-order valence-corrected chi connectivity index (χ1v) is 14.4. The van der Waals surface area contributed by atoms with E-state index in [1.165, 1.54) is 70.1 Å². The van der Waals surface area contributed by atoms with Gasteiger partial charge in [-0.25, -0.2) is 4.39 Å². The van der Waals surface area contributed by atoms with Gasteiger partial charge in [0.25, 0.3) is 0 Å². The summed E-state index contributed by atoms with van der Waals surface area (Å²) in [5, 5.41) is 5.83. The Morgan fingerprint density at radius 3 is 1.94 bits per heavy atom. The van der Waals surface area contributed by atoms with Gasteiger partial charge in [-0.2, -0.15) is 0 Å². The fourth-order valence-electron chi connectivity index (χ4n) is 5.38. The normalized spacial score (nSPS) is 14.4. The predicted octanol–water partition coefficient (Wildman–Crippen LogP) is 8.77. The second-order valence-electron chi connectivity index (χ2n) is 9.28. The fourth-order valence-corrected chi connectivity index (χ4v) is 11.8. The smallest absolute Gasteiger partial charge is 0.123 e. The minimum Gasteiger partial charge on any atom is -0.380 e. The Morgan fingerprint density at radius 1 is 1.06 bits per heavy atom. The van der Waals surface area contributed by atoms with Crippen molar-refractivity contribution >= 4 is 19.7 Å². The topological polar surface area (TPSA) is 29.1 Å². The summed E-state index contributed by atoms with van der Waals surface area (Å²) in [7, 11) is -1.28. The minimum absolute atomic E-state index is 0. The van der Waals surface area contributed by atoms with Crippen LogP contribution >= 0.6 is 7.26 Å². The molecule has 1 aromatic carbocycles. The number of aryl methyl sites for hydroxylation is 2. The summed E-state index contributed by atoms with van der Waals surface area (Å²) in [6, 6.07) is 3.32. The van der Waals surface area contributed by atoms with Crippen molar-refractivity contribution in [1.29, 1.82) is 0 Å². The first-order valence-electron chi connectivity index (χ1n) is 12.2. The Kier molecular flexibility index (Phi) is 15.7. The first kappa shape index (κ1) is 31.9. The molecule has 2 nitrogen and oxygen atoms in total. The van der Waals surface area contributed by atoms with Crippen molar-refractivity contribution in [2.24, 2.45) is 0 Å². The molecule has 0 amide bonds. The monoisotopic (exact) mass is 541 g/mol. The molecule has 1 saturated carbocycles. The van der Waals surface area contributed by atoms with E-state index in [2.05, 4.69) is 26.1 Å². The van der Waals surface area contributed by atoms with Gasteiger partial charge in [0.1, 0.15) is 17.8 Å². The third-order valence-corrected chi connectivity index (χ3v) is 13.2. The van der Waals surface area contributed by atoms with Gasteiger partial charge < -0.3 is 10.1 Å². The van der Waals surface area contributed by atoms with Crippen molar-refractivity contribution in [1.82, 2.24) is 0 Å². The molecule has 1 N–H and O–H groups in total. The van der Waals surface area contributed by atoms with Crippen molar-refractivity contribution < 1.29 is 43.3 Å². The maximum absolute atomic E-state index is 13.8. The average Bonchev–Trinajstić information content (AvgIpc) is 2.71. The molecule has 5 heteroatoms. The summed E-state index contributed by atoms with van der Waals surface area (Å²) in [5.74, 6) is -0.132. The van der Waals surface area contributed by atoms with Crippen LogP contribution in [0.1, 0.15) is 91.1 Å². The van der Waals surface area contributed by atoms with Crippen LogP contribution in [0.3, 0.4) is 0 Å². The van der Waals surface area contributed by atoms with Gasteiger partial charge in [-0.3, -0.25) is 0 Å². The number of unbranched alkanes of at least 4 members (excludes halogenated alkanes) is 2. The number of carbonyl (C=O) groups is 1. The van der Waals surface area contributed by atoms with Crippen molar-refractivity contribution in [3.05, 3.63) is 41.0 Å². The largest absolute Gasteiger partial charge is 0.380 e. The number of benzene rings is 1. The van der Waals surface area contributed by atoms with Crippen LogP contribution < -0.4 is 5.32 Å². The molecule has 0 atom stereocenters. The van der Waals surface area contributed by atoms with E-state index in [4.69, 9.17) is 11.4 Å². The molecule has 32 heavy (non-hydrogen) atoms. The maximum Gasteiger partial charge on any atom is 0.123 e. The zero-order valence-electron chi connectivity index (χ0n) is 21.4. The molecule has 0 spiro atoms. The molecule has 1 aliphatic carbocycles. The molecule has 0 aromatic heterocycles. The van der Waals surface area contributed by atoms with E-state index in [1.807, 2.05) is 20.6 Å². The number of rotatable bonds is 13. The van der Waals surface area contributed by atoms with E-state index in [9.17, 15) is 4.39 Å². The van der Waals surface area contributed by atoms with E-state index in [0.29, 0.717) is 5.16 Å².